The Morgan fingerprint density at radius 2 is 2.25 bits per heavy atom. The van der Waals surface area contributed by atoms with Crippen molar-refractivity contribution in [3.8, 4) is 11.5 Å². The fourth-order valence-electron chi connectivity index (χ4n) is 1.05. The minimum Gasteiger partial charge on any atom is -0.505 e. The van der Waals surface area contributed by atoms with Crippen molar-refractivity contribution in [2.24, 2.45) is 0 Å². The highest BCUT2D eigenvalue weighted by Crippen LogP contribution is 2.46. The second-order valence-corrected chi connectivity index (χ2v) is 4.01. The SMILES string of the molecule is Oc1c(Br)cc2c(c1Br)OCN2. The van der Waals surface area contributed by atoms with Crippen molar-refractivity contribution in [2.75, 3.05) is 12.0 Å². The molecule has 0 amide bonds. The van der Waals surface area contributed by atoms with Crippen LogP contribution in [0.25, 0.3) is 0 Å². The van der Waals surface area contributed by atoms with Crippen LogP contribution >= 0.6 is 31.9 Å². The highest BCUT2D eigenvalue weighted by Gasteiger charge is 2.19. The number of fused-ring (bicyclic) bond motifs is 1. The molecule has 0 unspecified atom stereocenters. The lowest BCUT2D eigenvalue weighted by Gasteiger charge is -2.04. The van der Waals surface area contributed by atoms with Crippen LogP contribution in [0.2, 0.25) is 0 Å². The summed E-state index contributed by atoms with van der Waals surface area (Å²) >= 11 is 6.46. The van der Waals surface area contributed by atoms with Gasteiger partial charge in [0.05, 0.1) is 10.2 Å². The summed E-state index contributed by atoms with van der Waals surface area (Å²) in [6.45, 7) is 0.448. The van der Waals surface area contributed by atoms with Crippen LogP contribution in [0.5, 0.6) is 11.5 Å². The molecule has 0 saturated heterocycles. The van der Waals surface area contributed by atoms with Crippen LogP contribution in [0.1, 0.15) is 0 Å². The molecule has 1 aromatic rings. The first-order chi connectivity index (χ1) is 5.70. The lowest BCUT2D eigenvalue weighted by Crippen LogP contribution is -1.96. The molecule has 1 heterocycles. The summed E-state index contributed by atoms with van der Waals surface area (Å²) < 4.78 is 6.45. The van der Waals surface area contributed by atoms with Crippen molar-refractivity contribution in [3.63, 3.8) is 0 Å². The lowest BCUT2D eigenvalue weighted by molar-refractivity contribution is 0.366. The summed E-state index contributed by atoms with van der Waals surface area (Å²) in [4.78, 5) is 0. The topological polar surface area (TPSA) is 41.5 Å². The zero-order valence-electron chi connectivity index (χ0n) is 5.90. The quantitative estimate of drug-likeness (QED) is 0.723. The van der Waals surface area contributed by atoms with Gasteiger partial charge in [-0.25, -0.2) is 0 Å². The molecule has 0 radical (unpaired) electrons. The van der Waals surface area contributed by atoms with Crippen LogP contribution in [0, 0.1) is 0 Å². The zero-order chi connectivity index (χ0) is 8.72. The molecule has 1 aliphatic heterocycles. The number of hydrogen-bond acceptors (Lipinski definition) is 3. The van der Waals surface area contributed by atoms with Crippen molar-refractivity contribution in [1.29, 1.82) is 0 Å². The smallest absolute Gasteiger partial charge is 0.163 e. The van der Waals surface area contributed by atoms with Gasteiger partial charge in [0.15, 0.2) is 12.5 Å². The monoisotopic (exact) mass is 293 g/mol. The molecule has 0 aliphatic carbocycles. The van der Waals surface area contributed by atoms with Crippen LogP contribution < -0.4 is 10.1 Å². The van der Waals surface area contributed by atoms with E-state index in [1.165, 1.54) is 0 Å². The molecular formula is C7H5Br2NO2. The van der Waals surface area contributed by atoms with Gasteiger partial charge in [0.25, 0.3) is 0 Å². The number of nitrogens with one attached hydrogen (secondary N) is 1. The van der Waals surface area contributed by atoms with Gasteiger partial charge in [-0.15, -0.1) is 0 Å². The Kier molecular flexibility index (Phi) is 1.92. The molecule has 0 fully saturated rings. The van der Waals surface area contributed by atoms with Crippen molar-refractivity contribution < 1.29 is 9.84 Å². The van der Waals surface area contributed by atoms with E-state index in [0.29, 0.717) is 21.4 Å². The molecule has 64 valence electrons. The van der Waals surface area contributed by atoms with Gasteiger partial charge in [0.2, 0.25) is 0 Å². The van der Waals surface area contributed by atoms with E-state index in [-0.39, 0.29) is 5.75 Å². The molecule has 12 heavy (non-hydrogen) atoms. The van der Waals surface area contributed by atoms with Crippen LogP contribution in [0.4, 0.5) is 5.69 Å². The maximum absolute atomic E-state index is 9.47. The van der Waals surface area contributed by atoms with E-state index in [1.807, 2.05) is 0 Å². The first-order valence-corrected chi connectivity index (χ1v) is 4.86. The minimum absolute atomic E-state index is 0.164. The summed E-state index contributed by atoms with van der Waals surface area (Å²) in [7, 11) is 0. The van der Waals surface area contributed by atoms with Gasteiger partial charge in [0.1, 0.15) is 10.2 Å². The van der Waals surface area contributed by atoms with Crippen LogP contribution in [-0.4, -0.2) is 11.8 Å². The third-order valence-corrected chi connectivity index (χ3v) is 2.97. The number of hydrogen-bond donors (Lipinski definition) is 2. The third-order valence-electron chi connectivity index (χ3n) is 1.63. The Labute approximate surface area is 86.0 Å². The van der Waals surface area contributed by atoms with Crippen molar-refractivity contribution in [1.82, 2.24) is 0 Å². The Morgan fingerprint density at radius 3 is 3.00 bits per heavy atom. The summed E-state index contributed by atoms with van der Waals surface area (Å²) in [6, 6.07) is 1.78. The van der Waals surface area contributed by atoms with Gasteiger partial charge < -0.3 is 15.2 Å². The average Bonchev–Trinajstić information content (AvgIpc) is 2.48. The summed E-state index contributed by atoms with van der Waals surface area (Å²) in [5.41, 5.74) is 0.881. The fraction of sp³-hybridized carbons (Fsp3) is 0.143. The summed E-state index contributed by atoms with van der Waals surface area (Å²) in [6.07, 6.45) is 0. The minimum atomic E-state index is 0.164. The Hall–Kier alpha value is -0.420. The Balaban J connectivity index is 2.67. The molecule has 1 aromatic carbocycles. The van der Waals surface area contributed by atoms with E-state index in [0.717, 1.165) is 5.69 Å². The molecule has 1 aliphatic rings. The zero-order valence-corrected chi connectivity index (χ0v) is 9.07. The Bertz CT molecular complexity index is 341. The molecule has 0 bridgehead atoms. The largest absolute Gasteiger partial charge is 0.505 e. The second-order valence-electron chi connectivity index (χ2n) is 2.36. The highest BCUT2D eigenvalue weighted by molar-refractivity contribution is 9.11. The first kappa shape index (κ1) is 8.19. The van der Waals surface area contributed by atoms with Gasteiger partial charge in [-0.05, 0) is 37.9 Å². The molecule has 2 rings (SSSR count). The number of ether oxygens (including phenoxy) is 1. The summed E-state index contributed by atoms with van der Waals surface area (Å²) in [5, 5.41) is 12.5. The normalized spacial score (nSPS) is 13.5. The molecule has 0 spiro atoms. The lowest BCUT2D eigenvalue weighted by atomic mass is 10.3. The summed E-state index contributed by atoms with van der Waals surface area (Å²) in [5.74, 6) is 0.827. The number of aromatic hydroxyl groups is 1. The van der Waals surface area contributed by atoms with E-state index in [4.69, 9.17) is 4.74 Å². The van der Waals surface area contributed by atoms with E-state index >= 15 is 0 Å². The molecule has 2 N–H and O–H groups in total. The molecule has 3 nitrogen and oxygen atoms in total. The average molecular weight is 295 g/mol. The van der Waals surface area contributed by atoms with Gasteiger partial charge in [-0.2, -0.15) is 0 Å². The van der Waals surface area contributed by atoms with Crippen LogP contribution in [-0.2, 0) is 0 Å². The first-order valence-electron chi connectivity index (χ1n) is 3.28. The molecular weight excluding hydrogens is 290 g/mol. The molecule has 0 saturated carbocycles. The predicted molar refractivity (Wildman–Crippen MR) is 52.6 cm³/mol. The third kappa shape index (κ3) is 1.08. The van der Waals surface area contributed by atoms with Gasteiger partial charge >= 0.3 is 0 Å². The molecule has 5 heteroatoms. The van der Waals surface area contributed by atoms with E-state index in [1.54, 1.807) is 6.07 Å². The van der Waals surface area contributed by atoms with Crippen molar-refractivity contribution >= 4 is 37.5 Å². The van der Waals surface area contributed by atoms with E-state index in [9.17, 15) is 5.11 Å². The number of halogens is 2. The maximum atomic E-state index is 9.47. The number of benzene rings is 1. The highest BCUT2D eigenvalue weighted by atomic mass is 79.9. The number of phenols is 1. The predicted octanol–water partition coefficient (Wildman–Crippen LogP) is 2.68. The maximum Gasteiger partial charge on any atom is 0.163 e. The van der Waals surface area contributed by atoms with Crippen LogP contribution in [0.3, 0.4) is 0 Å². The second kappa shape index (κ2) is 2.81. The fourth-order valence-corrected chi connectivity index (χ4v) is 2.28. The van der Waals surface area contributed by atoms with Gasteiger partial charge in [-0.1, -0.05) is 0 Å². The number of rotatable bonds is 0. The van der Waals surface area contributed by atoms with Crippen molar-refractivity contribution in [3.05, 3.63) is 15.0 Å². The standard InChI is InChI=1S/C7H5Br2NO2/c8-3-1-4-7(12-2-10-4)5(9)6(3)11/h1,10-11H,2H2. The van der Waals surface area contributed by atoms with E-state index < -0.39 is 0 Å². The molecule has 0 atom stereocenters. The van der Waals surface area contributed by atoms with Gasteiger partial charge in [-0.3, -0.25) is 0 Å². The van der Waals surface area contributed by atoms with Gasteiger partial charge in [0, 0.05) is 0 Å². The molecule has 0 aromatic heterocycles. The van der Waals surface area contributed by atoms with E-state index in [2.05, 4.69) is 37.2 Å². The van der Waals surface area contributed by atoms with Crippen molar-refractivity contribution in [2.45, 2.75) is 0 Å². The number of phenolic OH excluding ortho intramolecular Hbond substituents is 1. The van der Waals surface area contributed by atoms with Crippen LogP contribution in [0.15, 0.2) is 15.0 Å². The number of anilines is 1. The Morgan fingerprint density at radius 1 is 1.50 bits per heavy atom.